The zero-order valence-corrected chi connectivity index (χ0v) is 14.8. The van der Waals surface area contributed by atoms with Gasteiger partial charge in [-0.25, -0.2) is 14.8 Å². The molecule has 0 saturated carbocycles. The van der Waals surface area contributed by atoms with Gasteiger partial charge in [-0.15, -0.1) is 11.3 Å². The predicted octanol–water partition coefficient (Wildman–Crippen LogP) is 3.01. The van der Waals surface area contributed by atoms with Crippen molar-refractivity contribution >= 4 is 33.3 Å². The molecule has 0 unspecified atom stereocenters. The number of aromatic nitrogens is 2. The van der Waals surface area contributed by atoms with E-state index < -0.39 is 0 Å². The second kappa shape index (κ2) is 8.79. The number of thiophene rings is 1. The van der Waals surface area contributed by atoms with Crippen LogP contribution in [0.1, 0.15) is 37.6 Å². The quantitative estimate of drug-likeness (QED) is 0.561. The lowest BCUT2D eigenvalue weighted by Crippen LogP contribution is -2.25. The van der Waals surface area contributed by atoms with Gasteiger partial charge < -0.3 is 15.0 Å². The molecule has 1 N–H and O–H groups in total. The summed E-state index contributed by atoms with van der Waals surface area (Å²) in [5.74, 6) is 0.388. The number of ether oxygens (including phenoxy) is 1. The number of nitrogens with one attached hydrogen (secondary N) is 1. The molecule has 0 radical (unpaired) electrons. The van der Waals surface area contributed by atoms with Crippen molar-refractivity contribution in [1.29, 1.82) is 0 Å². The standard InChI is InChI=1S/C16H24N4O2S/c1-4-20(5-2)9-7-8-17-14-13-12(16(21)22-6-3)10-23-15(13)19-11-18-14/h10-11H,4-9H2,1-3H3,(H,17,18,19). The van der Waals surface area contributed by atoms with E-state index in [4.69, 9.17) is 4.74 Å². The Morgan fingerprint density at radius 2 is 2.09 bits per heavy atom. The molecular weight excluding hydrogens is 312 g/mol. The van der Waals surface area contributed by atoms with E-state index in [9.17, 15) is 4.79 Å². The van der Waals surface area contributed by atoms with Crippen LogP contribution in [0, 0.1) is 0 Å². The Morgan fingerprint density at radius 1 is 1.30 bits per heavy atom. The molecule has 7 heteroatoms. The van der Waals surface area contributed by atoms with Gasteiger partial charge in [0.2, 0.25) is 0 Å². The Hall–Kier alpha value is -1.73. The molecule has 2 aromatic rings. The molecule has 6 nitrogen and oxygen atoms in total. The fraction of sp³-hybridized carbons (Fsp3) is 0.562. The summed E-state index contributed by atoms with van der Waals surface area (Å²) in [5.41, 5.74) is 0.540. The monoisotopic (exact) mass is 336 g/mol. The summed E-state index contributed by atoms with van der Waals surface area (Å²) in [6.45, 7) is 10.5. The minimum Gasteiger partial charge on any atom is -0.462 e. The first-order chi connectivity index (χ1) is 11.2. The molecule has 2 heterocycles. The predicted molar refractivity (Wildman–Crippen MR) is 94.3 cm³/mol. The normalized spacial score (nSPS) is 11.1. The average Bonchev–Trinajstić information content (AvgIpc) is 3.00. The summed E-state index contributed by atoms with van der Waals surface area (Å²) in [5, 5.41) is 5.89. The molecule has 2 aromatic heterocycles. The number of fused-ring (bicyclic) bond motifs is 1. The maximum atomic E-state index is 12.1. The van der Waals surface area contributed by atoms with Crippen LogP contribution in [0.4, 0.5) is 5.82 Å². The zero-order valence-electron chi connectivity index (χ0n) is 14.0. The fourth-order valence-electron chi connectivity index (χ4n) is 2.42. The maximum Gasteiger partial charge on any atom is 0.339 e. The van der Waals surface area contributed by atoms with E-state index in [-0.39, 0.29) is 5.97 Å². The van der Waals surface area contributed by atoms with Crippen molar-refractivity contribution in [3.63, 3.8) is 0 Å². The number of anilines is 1. The van der Waals surface area contributed by atoms with Crippen LogP contribution in [0.2, 0.25) is 0 Å². The molecule has 126 valence electrons. The van der Waals surface area contributed by atoms with Gasteiger partial charge in [0, 0.05) is 11.9 Å². The number of nitrogens with zero attached hydrogens (tertiary/aromatic N) is 3. The van der Waals surface area contributed by atoms with Gasteiger partial charge in [0.05, 0.1) is 17.6 Å². The Bertz CT molecular complexity index is 640. The van der Waals surface area contributed by atoms with Gasteiger partial charge in [-0.1, -0.05) is 13.8 Å². The van der Waals surface area contributed by atoms with E-state index in [1.54, 1.807) is 12.3 Å². The van der Waals surface area contributed by atoms with Gasteiger partial charge in [0.1, 0.15) is 17.0 Å². The minimum absolute atomic E-state index is 0.320. The molecule has 2 rings (SSSR count). The van der Waals surface area contributed by atoms with Crippen molar-refractivity contribution in [2.24, 2.45) is 0 Å². The Balaban J connectivity index is 2.08. The van der Waals surface area contributed by atoms with E-state index in [0.717, 1.165) is 42.8 Å². The molecular formula is C16H24N4O2S. The summed E-state index contributed by atoms with van der Waals surface area (Å²) >= 11 is 1.43. The summed E-state index contributed by atoms with van der Waals surface area (Å²) in [6, 6.07) is 0. The smallest absolute Gasteiger partial charge is 0.339 e. The molecule has 0 aliphatic rings. The molecule has 0 saturated heterocycles. The van der Waals surface area contributed by atoms with Crippen molar-refractivity contribution in [2.45, 2.75) is 27.2 Å². The zero-order chi connectivity index (χ0) is 16.7. The highest BCUT2D eigenvalue weighted by Crippen LogP contribution is 2.29. The molecule has 0 atom stereocenters. The lowest BCUT2D eigenvalue weighted by Gasteiger charge is -2.17. The van der Waals surface area contributed by atoms with Crippen molar-refractivity contribution in [3.05, 3.63) is 17.3 Å². The SMILES string of the molecule is CCOC(=O)c1csc2ncnc(NCCCN(CC)CC)c12. The Labute approximate surface area is 140 Å². The second-order valence-electron chi connectivity index (χ2n) is 5.08. The summed E-state index contributed by atoms with van der Waals surface area (Å²) < 4.78 is 5.11. The highest BCUT2D eigenvalue weighted by atomic mass is 32.1. The van der Waals surface area contributed by atoms with Gasteiger partial charge in [0.25, 0.3) is 0 Å². The van der Waals surface area contributed by atoms with E-state index >= 15 is 0 Å². The number of carbonyl (C=O) groups is 1. The highest BCUT2D eigenvalue weighted by Gasteiger charge is 2.17. The number of hydrogen-bond donors (Lipinski definition) is 1. The molecule has 23 heavy (non-hydrogen) atoms. The first kappa shape index (κ1) is 17.6. The maximum absolute atomic E-state index is 12.1. The van der Waals surface area contributed by atoms with Crippen LogP contribution in [-0.4, -0.2) is 53.6 Å². The first-order valence-corrected chi connectivity index (χ1v) is 8.94. The van der Waals surface area contributed by atoms with Gasteiger partial charge in [-0.05, 0) is 33.0 Å². The molecule has 0 spiro atoms. The van der Waals surface area contributed by atoms with Crippen molar-refractivity contribution in [2.75, 3.05) is 38.1 Å². The fourth-order valence-corrected chi connectivity index (χ4v) is 3.29. The van der Waals surface area contributed by atoms with Gasteiger partial charge in [-0.2, -0.15) is 0 Å². The first-order valence-electron chi connectivity index (χ1n) is 8.06. The molecule has 0 bridgehead atoms. The molecule has 0 aliphatic carbocycles. The van der Waals surface area contributed by atoms with Gasteiger partial charge in [-0.3, -0.25) is 0 Å². The third-order valence-electron chi connectivity index (χ3n) is 3.70. The average molecular weight is 336 g/mol. The van der Waals surface area contributed by atoms with E-state index in [2.05, 4.69) is 34.0 Å². The number of hydrogen-bond acceptors (Lipinski definition) is 7. The topological polar surface area (TPSA) is 67.3 Å². The van der Waals surface area contributed by atoms with Crippen molar-refractivity contribution < 1.29 is 9.53 Å². The second-order valence-corrected chi connectivity index (χ2v) is 5.94. The summed E-state index contributed by atoms with van der Waals surface area (Å²) in [6.07, 6.45) is 2.55. The van der Waals surface area contributed by atoms with Crippen molar-refractivity contribution in [3.8, 4) is 0 Å². The summed E-state index contributed by atoms with van der Waals surface area (Å²) in [4.78, 5) is 23.8. The molecule has 0 fully saturated rings. The van der Waals surface area contributed by atoms with E-state index in [0.29, 0.717) is 18.0 Å². The van der Waals surface area contributed by atoms with Crippen LogP contribution in [0.25, 0.3) is 10.2 Å². The lowest BCUT2D eigenvalue weighted by atomic mass is 10.2. The van der Waals surface area contributed by atoms with Crippen LogP contribution >= 0.6 is 11.3 Å². The highest BCUT2D eigenvalue weighted by molar-refractivity contribution is 7.17. The van der Waals surface area contributed by atoms with Crippen LogP contribution < -0.4 is 5.32 Å². The Kier molecular flexibility index (Phi) is 6.73. The van der Waals surface area contributed by atoms with Crippen LogP contribution in [-0.2, 0) is 4.74 Å². The van der Waals surface area contributed by atoms with E-state index in [1.165, 1.54) is 17.7 Å². The third kappa shape index (κ3) is 4.39. The summed E-state index contributed by atoms with van der Waals surface area (Å²) in [7, 11) is 0. The number of carbonyl (C=O) groups excluding carboxylic acids is 1. The van der Waals surface area contributed by atoms with Crippen LogP contribution in [0.5, 0.6) is 0 Å². The Morgan fingerprint density at radius 3 is 2.78 bits per heavy atom. The number of rotatable bonds is 9. The van der Waals surface area contributed by atoms with Crippen molar-refractivity contribution in [1.82, 2.24) is 14.9 Å². The van der Waals surface area contributed by atoms with Gasteiger partial charge >= 0.3 is 5.97 Å². The lowest BCUT2D eigenvalue weighted by molar-refractivity contribution is 0.0529. The minimum atomic E-state index is -0.320. The third-order valence-corrected chi connectivity index (χ3v) is 4.59. The van der Waals surface area contributed by atoms with Gasteiger partial charge in [0.15, 0.2) is 0 Å². The van der Waals surface area contributed by atoms with Crippen LogP contribution in [0.15, 0.2) is 11.7 Å². The molecule has 0 amide bonds. The van der Waals surface area contributed by atoms with Crippen LogP contribution in [0.3, 0.4) is 0 Å². The molecule has 0 aromatic carbocycles. The number of esters is 1. The van der Waals surface area contributed by atoms with E-state index in [1.807, 2.05) is 0 Å². The molecule has 0 aliphatic heterocycles. The largest absolute Gasteiger partial charge is 0.462 e.